The lowest BCUT2D eigenvalue weighted by Gasteiger charge is -2.26. The molecule has 1 aromatic heterocycles. The molecule has 0 aliphatic carbocycles. The molecule has 1 atom stereocenters. The summed E-state index contributed by atoms with van der Waals surface area (Å²) in [5, 5.41) is 0. The normalized spacial score (nSPS) is 22.7. The van der Waals surface area contributed by atoms with Crippen LogP contribution >= 0.6 is 0 Å². The SMILES string of the molecule is CN1CCCN(C)C(C(=O)c2ccncc2F)C1. The number of hydrogen-bond donors (Lipinski definition) is 0. The van der Waals surface area contributed by atoms with Gasteiger partial charge in [-0.3, -0.25) is 14.7 Å². The van der Waals surface area contributed by atoms with E-state index in [0.29, 0.717) is 6.54 Å². The Balaban J connectivity index is 2.23. The number of hydrogen-bond acceptors (Lipinski definition) is 4. The van der Waals surface area contributed by atoms with Crippen LogP contribution in [0.3, 0.4) is 0 Å². The number of Topliss-reactive ketones (excluding diaryl/α,β-unsaturated/α-hetero) is 1. The van der Waals surface area contributed by atoms with Crippen LogP contribution in [0, 0.1) is 5.82 Å². The van der Waals surface area contributed by atoms with Crippen molar-refractivity contribution in [1.82, 2.24) is 14.8 Å². The van der Waals surface area contributed by atoms with Gasteiger partial charge in [-0.2, -0.15) is 0 Å². The highest BCUT2D eigenvalue weighted by atomic mass is 19.1. The van der Waals surface area contributed by atoms with Crippen molar-refractivity contribution in [2.75, 3.05) is 33.7 Å². The van der Waals surface area contributed by atoms with Crippen molar-refractivity contribution in [3.05, 3.63) is 29.8 Å². The molecule has 2 rings (SSSR count). The molecular weight excluding hydrogens is 233 g/mol. The molecule has 0 N–H and O–H groups in total. The number of nitrogens with zero attached hydrogens (tertiary/aromatic N) is 3. The van der Waals surface area contributed by atoms with Crippen LogP contribution in [0.15, 0.2) is 18.5 Å². The second kappa shape index (κ2) is 5.54. The van der Waals surface area contributed by atoms with E-state index in [0.717, 1.165) is 25.7 Å². The highest BCUT2D eigenvalue weighted by molar-refractivity contribution is 6.00. The third-order valence-corrected chi connectivity index (χ3v) is 3.41. The van der Waals surface area contributed by atoms with Crippen LogP contribution in [0.4, 0.5) is 4.39 Å². The number of pyridine rings is 1. The molecule has 0 aromatic carbocycles. The summed E-state index contributed by atoms with van der Waals surface area (Å²) in [5.74, 6) is -0.700. The maximum absolute atomic E-state index is 13.6. The second-order valence-electron chi connectivity index (χ2n) is 4.83. The third-order valence-electron chi connectivity index (χ3n) is 3.41. The van der Waals surface area contributed by atoms with Gasteiger partial charge in [0.1, 0.15) is 0 Å². The van der Waals surface area contributed by atoms with E-state index < -0.39 is 5.82 Å². The minimum absolute atomic E-state index is 0.136. The van der Waals surface area contributed by atoms with Crippen molar-refractivity contribution in [3.8, 4) is 0 Å². The summed E-state index contributed by atoms with van der Waals surface area (Å²) in [6.07, 6.45) is 3.57. The van der Waals surface area contributed by atoms with Crippen LogP contribution in [0.25, 0.3) is 0 Å². The highest BCUT2D eigenvalue weighted by Crippen LogP contribution is 2.14. The van der Waals surface area contributed by atoms with E-state index in [4.69, 9.17) is 0 Å². The lowest BCUT2D eigenvalue weighted by molar-refractivity contribution is 0.0835. The monoisotopic (exact) mass is 251 g/mol. The predicted molar refractivity (Wildman–Crippen MR) is 67.1 cm³/mol. The Bertz CT molecular complexity index is 438. The van der Waals surface area contributed by atoms with Crippen molar-refractivity contribution in [1.29, 1.82) is 0 Å². The van der Waals surface area contributed by atoms with E-state index >= 15 is 0 Å². The second-order valence-corrected chi connectivity index (χ2v) is 4.83. The minimum atomic E-state index is -0.539. The average Bonchev–Trinajstić information content (AvgIpc) is 2.51. The van der Waals surface area contributed by atoms with Gasteiger partial charge < -0.3 is 4.90 Å². The first-order valence-corrected chi connectivity index (χ1v) is 6.12. The van der Waals surface area contributed by atoms with Crippen molar-refractivity contribution in [2.45, 2.75) is 12.5 Å². The number of carbonyl (C=O) groups excluding carboxylic acids is 1. The van der Waals surface area contributed by atoms with Crippen molar-refractivity contribution in [3.63, 3.8) is 0 Å². The first kappa shape index (κ1) is 13.1. The Labute approximate surface area is 106 Å². The molecule has 1 unspecified atom stereocenters. The molecule has 0 radical (unpaired) electrons. The maximum atomic E-state index is 13.6. The molecule has 0 amide bonds. The molecule has 18 heavy (non-hydrogen) atoms. The summed E-state index contributed by atoms with van der Waals surface area (Å²) in [7, 11) is 3.91. The Morgan fingerprint density at radius 2 is 2.22 bits per heavy atom. The summed E-state index contributed by atoms with van der Waals surface area (Å²) >= 11 is 0. The number of likely N-dealkylation sites (N-methyl/N-ethyl adjacent to an activating group) is 2. The van der Waals surface area contributed by atoms with E-state index in [1.165, 1.54) is 12.3 Å². The van der Waals surface area contributed by atoms with Gasteiger partial charge in [0.2, 0.25) is 0 Å². The Hall–Kier alpha value is -1.33. The molecule has 0 saturated carbocycles. The standard InChI is InChI=1S/C13H18FN3O/c1-16-6-3-7-17(2)12(9-16)13(18)10-4-5-15-8-11(10)14/h4-5,8,12H,3,6-7,9H2,1-2H3. The number of rotatable bonds is 2. The molecule has 5 heteroatoms. The summed E-state index contributed by atoms with van der Waals surface area (Å²) in [5.41, 5.74) is 0.136. The fourth-order valence-electron chi connectivity index (χ4n) is 2.31. The Morgan fingerprint density at radius 3 is 2.94 bits per heavy atom. The number of ketones is 1. The van der Waals surface area contributed by atoms with Crippen molar-refractivity contribution in [2.24, 2.45) is 0 Å². The van der Waals surface area contributed by atoms with Gasteiger partial charge in [-0.15, -0.1) is 0 Å². The van der Waals surface area contributed by atoms with E-state index in [1.807, 2.05) is 19.0 Å². The quantitative estimate of drug-likeness (QED) is 0.736. The minimum Gasteiger partial charge on any atom is -0.304 e. The van der Waals surface area contributed by atoms with E-state index in [2.05, 4.69) is 9.88 Å². The van der Waals surface area contributed by atoms with Gasteiger partial charge in [0.25, 0.3) is 0 Å². The summed E-state index contributed by atoms with van der Waals surface area (Å²) < 4.78 is 13.6. The Morgan fingerprint density at radius 1 is 1.44 bits per heavy atom. The van der Waals surface area contributed by atoms with Gasteiger partial charge in [0.15, 0.2) is 11.6 Å². The molecule has 98 valence electrons. The molecule has 1 saturated heterocycles. The molecular formula is C13H18FN3O. The van der Waals surface area contributed by atoms with Crippen molar-refractivity contribution >= 4 is 5.78 Å². The zero-order valence-corrected chi connectivity index (χ0v) is 10.8. The predicted octanol–water partition coefficient (Wildman–Crippen LogP) is 1.04. The van der Waals surface area contributed by atoms with Crippen LogP contribution in [0.2, 0.25) is 0 Å². The average molecular weight is 251 g/mol. The summed E-state index contributed by atoms with van der Waals surface area (Å²) in [6, 6.07) is 1.17. The topological polar surface area (TPSA) is 36.4 Å². The fraction of sp³-hybridized carbons (Fsp3) is 0.538. The smallest absolute Gasteiger partial charge is 0.184 e. The molecule has 1 aliphatic rings. The summed E-state index contributed by atoms with van der Waals surface area (Å²) in [6.45, 7) is 2.46. The third kappa shape index (κ3) is 2.73. The molecule has 4 nitrogen and oxygen atoms in total. The van der Waals surface area contributed by atoms with Gasteiger partial charge in [-0.05, 0) is 39.7 Å². The number of aromatic nitrogens is 1. The molecule has 0 spiro atoms. The number of halogens is 1. The van der Waals surface area contributed by atoms with Gasteiger partial charge in [0.05, 0.1) is 17.8 Å². The molecule has 1 fully saturated rings. The lowest BCUT2D eigenvalue weighted by Crippen LogP contribution is -2.44. The van der Waals surface area contributed by atoms with Gasteiger partial charge in [-0.25, -0.2) is 4.39 Å². The molecule has 1 aliphatic heterocycles. The lowest BCUT2D eigenvalue weighted by atomic mass is 10.0. The van der Waals surface area contributed by atoms with Crippen molar-refractivity contribution < 1.29 is 9.18 Å². The fourth-order valence-corrected chi connectivity index (χ4v) is 2.31. The zero-order chi connectivity index (χ0) is 13.1. The van der Waals surface area contributed by atoms with E-state index in [1.54, 1.807) is 0 Å². The van der Waals surface area contributed by atoms with Gasteiger partial charge in [-0.1, -0.05) is 0 Å². The van der Waals surface area contributed by atoms with Crippen LogP contribution in [-0.2, 0) is 0 Å². The molecule has 2 heterocycles. The molecule has 1 aromatic rings. The first-order chi connectivity index (χ1) is 8.59. The van der Waals surface area contributed by atoms with Gasteiger partial charge in [0, 0.05) is 12.7 Å². The first-order valence-electron chi connectivity index (χ1n) is 6.12. The van der Waals surface area contributed by atoms with Crippen LogP contribution in [0.1, 0.15) is 16.8 Å². The largest absolute Gasteiger partial charge is 0.304 e. The van der Waals surface area contributed by atoms with Gasteiger partial charge >= 0.3 is 0 Å². The van der Waals surface area contributed by atoms with Crippen LogP contribution < -0.4 is 0 Å². The zero-order valence-electron chi connectivity index (χ0n) is 10.8. The highest BCUT2D eigenvalue weighted by Gasteiger charge is 2.29. The van der Waals surface area contributed by atoms with E-state index in [-0.39, 0.29) is 17.4 Å². The Kier molecular flexibility index (Phi) is 4.04. The van der Waals surface area contributed by atoms with Crippen LogP contribution in [0.5, 0.6) is 0 Å². The van der Waals surface area contributed by atoms with Crippen LogP contribution in [-0.4, -0.2) is 60.3 Å². The molecule has 0 bridgehead atoms. The number of carbonyl (C=O) groups is 1. The summed E-state index contributed by atoms with van der Waals surface area (Å²) in [4.78, 5) is 20.2. The maximum Gasteiger partial charge on any atom is 0.184 e. The van der Waals surface area contributed by atoms with E-state index in [9.17, 15) is 9.18 Å².